The van der Waals surface area contributed by atoms with Crippen LogP contribution in [0.3, 0.4) is 0 Å². The van der Waals surface area contributed by atoms with E-state index in [-0.39, 0.29) is 18.2 Å². The van der Waals surface area contributed by atoms with Crippen LogP contribution in [0.25, 0.3) is 11.4 Å². The van der Waals surface area contributed by atoms with E-state index in [4.69, 9.17) is 4.52 Å². The Labute approximate surface area is 124 Å². The second-order valence-electron chi connectivity index (χ2n) is 4.60. The summed E-state index contributed by atoms with van der Waals surface area (Å²) in [5, 5.41) is 9.90. The van der Waals surface area contributed by atoms with Gasteiger partial charge in [0, 0.05) is 11.6 Å². The minimum atomic E-state index is -0.703. The Morgan fingerprint density at radius 3 is 2.68 bits per heavy atom. The van der Waals surface area contributed by atoms with E-state index in [2.05, 4.69) is 20.2 Å². The third kappa shape index (κ3) is 2.80. The molecule has 0 aliphatic carbocycles. The van der Waals surface area contributed by atoms with Gasteiger partial charge in [0.25, 0.3) is 0 Å². The van der Waals surface area contributed by atoms with Crippen LogP contribution in [0, 0.1) is 6.92 Å². The Kier molecular flexibility index (Phi) is 3.57. The van der Waals surface area contributed by atoms with Crippen molar-refractivity contribution in [2.24, 2.45) is 0 Å². The van der Waals surface area contributed by atoms with Crippen molar-refractivity contribution < 1.29 is 13.8 Å². The number of benzene rings is 1. The van der Waals surface area contributed by atoms with Gasteiger partial charge in [-0.15, -0.1) is 0 Å². The number of amides is 1. The van der Waals surface area contributed by atoms with Crippen LogP contribution in [-0.2, 0) is 11.3 Å². The third-order valence-corrected chi connectivity index (χ3v) is 2.92. The molecule has 1 aromatic carbocycles. The molecule has 0 radical (unpaired) electrons. The van der Waals surface area contributed by atoms with Gasteiger partial charge in [0.15, 0.2) is 11.6 Å². The standard InChI is InChI=1S/C14H12N4O4/c1-9-7-11(16-21-9)15-12(19)8-18-13(17-22-14(18)20)10-5-3-2-4-6-10/h2-7H,8H2,1H3,(H,15,16,19). The zero-order valence-electron chi connectivity index (χ0n) is 11.6. The van der Waals surface area contributed by atoms with Crippen LogP contribution in [-0.4, -0.2) is 20.8 Å². The molecule has 0 fully saturated rings. The number of rotatable bonds is 4. The minimum absolute atomic E-state index is 0.238. The molecule has 0 aliphatic rings. The topological polar surface area (TPSA) is 103 Å². The normalized spacial score (nSPS) is 10.6. The predicted octanol–water partition coefficient (Wildman–Crippen LogP) is 1.44. The van der Waals surface area contributed by atoms with E-state index in [9.17, 15) is 9.59 Å². The highest BCUT2D eigenvalue weighted by molar-refractivity contribution is 5.89. The molecule has 0 aliphatic heterocycles. The SMILES string of the molecule is Cc1cc(NC(=O)Cn2c(-c3ccccc3)noc2=O)no1. The van der Waals surface area contributed by atoms with Gasteiger partial charge >= 0.3 is 5.76 Å². The van der Waals surface area contributed by atoms with Crippen molar-refractivity contribution in [3.05, 3.63) is 52.7 Å². The number of hydrogen-bond donors (Lipinski definition) is 1. The third-order valence-electron chi connectivity index (χ3n) is 2.92. The number of hydrogen-bond acceptors (Lipinski definition) is 6. The Balaban J connectivity index is 1.82. The van der Waals surface area contributed by atoms with Crippen LogP contribution in [0.2, 0.25) is 0 Å². The maximum atomic E-state index is 12.0. The molecule has 0 saturated carbocycles. The maximum Gasteiger partial charge on any atom is 0.442 e. The molecular weight excluding hydrogens is 288 g/mol. The van der Waals surface area contributed by atoms with Crippen molar-refractivity contribution in [2.75, 3.05) is 5.32 Å². The van der Waals surface area contributed by atoms with Gasteiger partial charge in [-0.3, -0.25) is 9.32 Å². The second-order valence-corrected chi connectivity index (χ2v) is 4.60. The van der Waals surface area contributed by atoms with Gasteiger partial charge in [-0.05, 0) is 6.92 Å². The lowest BCUT2D eigenvalue weighted by Gasteiger charge is -2.04. The molecule has 1 N–H and O–H groups in total. The van der Waals surface area contributed by atoms with Crippen LogP contribution in [0.15, 0.2) is 50.2 Å². The number of aryl methyl sites for hydroxylation is 1. The molecule has 2 heterocycles. The first-order valence-corrected chi connectivity index (χ1v) is 6.48. The molecule has 0 saturated heterocycles. The summed E-state index contributed by atoms with van der Waals surface area (Å²) < 4.78 is 10.7. The number of aromatic nitrogens is 3. The first-order valence-electron chi connectivity index (χ1n) is 6.48. The second kappa shape index (κ2) is 5.68. The first-order chi connectivity index (χ1) is 10.6. The zero-order valence-corrected chi connectivity index (χ0v) is 11.6. The maximum absolute atomic E-state index is 12.0. The highest BCUT2D eigenvalue weighted by atomic mass is 16.5. The average Bonchev–Trinajstić information content (AvgIpc) is 3.07. The van der Waals surface area contributed by atoms with Crippen LogP contribution in [0.4, 0.5) is 5.82 Å². The summed E-state index contributed by atoms with van der Waals surface area (Å²) in [6.45, 7) is 1.47. The summed E-state index contributed by atoms with van der Waals surface area (Å²) in [5.74, 6) is 0.00823. The van der Waals surface area contributed by atoms with Crippen molar-refractivity contribution in [2.45, 2.75) is 13.5 Å². The molecule has 0 unspecified atom stereocenters. The van der Waals surface area contributed by atoms with Crippen molar-refractivity contribution in [1.29, 1.82) is 0 Å². The van der Waals surface area contributed by atoms with Gasteiger partial charge in [-0.2, -0.15) is 0 Å². The van der Waals surface area contributed by atoms with E-state index in [1.54, 1.807) is 37.3 Å². The highest BCUT2D eigenvalue weighted by Crippen LogP contribution is 2.15. The molecule has 3 aromatic rings. The summed E-state index contributed by atoms with van der Waals surface area (Å²) >= 11 is 0. The largest absolute Gasteiger partial charge is 0.442 e. The number of nitrogens with zero attached hydrogens (tertiary/aromatic N) is 3. The monoisotopic (exact) mass is 300 g/mol. The number of nitrogens with one attached hydrogen (secondary N) is 1. The summed E-state index contributed by atoms with van der Waals surface area (Å²) in [4.78, 5) is 23.7. The fourth-order valence-corrected chi connectivity index (χ4v) is 1.95. The van der Waals surface area contributed by atoms with E-state index in [0.29, 0.717) is 11.3 Å². The average molecular weight is 300 g/mol. The molecule has 8 nitrogen and oxygen atoms in total. The predicted molar refractivity (Wildman–Crippen MR) is 76.1 cm³/mol. The summed E-state index contributed by atoms with van der Waals surface area (Å²) in [6, 6.07) is 10.6. The summed E-state index contributed by atoms with van der Waals surface area (Å²) in [7, 11) is 0. The van der Waals surface area contributed by atoms with Gasteiger partial charge in [-0.1, -0.05) is 40.6 Å². The lowest BCUT2D eigenvalue weighted by molar-refractivity contribution is -0.116. The fraction of sp³-hybridized carbons (Fsp3) is 0.143. The Hall–Kier alpha value is -3.16. The fourth-order valence-electron chi connectivity index (χ4n) is 1.95. The molecule has 8 heteroatoms. The molecule has 0 atom stereocenters. The van der Waals surface area contributed by atoms with Gasteiger partial charge in [-0.25, -0.2) is 9.36 Å². The summed E-state index contributed by atoms with van der Waals surface area (Å²) in [5.41, 5.74) is 0.679. The molecular formula is C14H12N4O4. The molecule has 1 amide bonds. The van der Waals surface area contributed by atoms with Crippen LogP contribution < -0.4 is 11.1 Å². The van der Waals surface area contributed by atoms with Crippen LogP contribution in [0.1, 0.15) is 5.76 Å². The molecule has 0 spiro atoms. The molecule has 112 valence electrons. The Morgan fingerprint density at radius 2 is 2.00 bits per heavy atom. The Morgan fingerprint density at radius 1 is 1.23 bits per heavy atom. The van der Waals surface area contributed by atoms with E-state index in [0.717, 1.165) is 4.57 Å². The molecule has 2 aromatic heterocycles. The van der Waals surface area contributed by atoms with E-state index in [1.807, 2.05) is 6.07 Å². The lowest BCUT2D eigenvalue weighted by Crippen LogP contribution is -2.25. The molecule has 3 rings (SSSR count). The highest BCUT2D eigenvalue weighted by Gasteiger charge is 2.16. The zero-order chi connectivity index (χ0) is 15.5. The number of carbonyl (C=O) groups is 1. The van der Waals surface area contributed by atoms with Gasteiger partial charge in [0.2, 0.25) is 5.91 Å². The lowest BCUT2D eigenvalue weighted by atomic mass is 10.2. The summed E-state index contributed by atoms with van der Waals surface area (Å²) in [6.07, 6.45) is 0. The quantitative estimate of drug-likeness (QED) is 0.782. The van der Waals surface area contributed by atoms with Gasteiger partial charge < -0.3 is 9.84 Å². The molecule has 22 heavy (non-hydrogen) atoms. The number of carbonyl (C=O) groups excluding carboxylic acids is 1. The van der Waals surface area contributed by atoms with Crippen LogP contribution in [0.5, 0.6) is 0 Å². The first kappa shape index (κ1) is 13.8. The minimum Gasteiger partial charge on any atom is -0.360 e. The van der Waals surface area contributed by atoms with Gasteiger partial charge in [0.05, 0.1) is 0 Å². The molecule has 0 bridgehead atoms. The van der Waals surface area contributed by atoms with E-state index >= 15 is 0 Å². The Bertz CT molecular complexity index is 847. The van der Waals surface area contributed by atoms with E-state index in [1.165, 1.54) is 0 Å². The van der Waals surface area contributed by atoms with Crippen LogP contribution >= 0.6 is 0 Å². The van der Waals surface area contributed by atoms with Gasteiger partial charge in [0.1, 0.15) is 12.3 Å². The van der Waals surface area contributed by atoms with Crippen molar-refractivity contribution in [3.8, 4) is 11.4 Å². The van der Waals surface area contributed by atoms with Crippen molar-refractivity contribution in [1.82, 2.24) is 14.9 Å². The van der Waals surface area contributed by atoms with Crippen molar-refractivity contribution in [3.63, 3.8) is 0 Å². The number of anilines is 1. The smallest absolute Gasteiger partial charge is 0.360 e. The van der Waals surface area contributed by atoms with Crippen molar-refractivity contribution >= 4 is 11.7 Å². The van der Waals surface area contributed by atoms with E-state index < -0.39 is 11.7 Å².